The molecule has 0 bridgehead atoms. The predicted molar refractivity (Wildman–Crippen MR) is 82.4 cm³/mol. The van der Waals surface area contributed by atoms with Crippen molar-refractivity contribution in [2.45, 2.75) is 6.92 Å². The van der Waals surface area contributed by atoms with E-state index in [4.69, 9.17) is 12.2 Å². The highest BCUT2D eigenvalue weighted by Crippen LogP contribution is 2.07. The molecule has 0 saturated carbocycles. The molecule has 4 nitrogen and oxygen atoms in total. The van der Waals surface area contributed by atoms with Crippen LogP contribution in [-0.4, -0.2) is 16.3 Å². The number of rotatable bonds is 3. The highest BCUT2D eigenvalue weighted by atomic mass is 32.1. The van der Waals surface area contributed by atoms with E-state index < -0.39 is 0 Å². The summed E-state index contributed by atoms with van der Waals surface area (Å²) >= 11 is 5.13. The van der Waals surface area contributed by atoms with Gasteiger partial charge in [-0.3, -0.25) is 10.4 Å². The lowest BCUT2D eigenvalue weighted by Crippen LogP contribution is -2.23. The van der Waals surface area contributed by atoms with Crippen molar-refractivity contribution in [1.82, 2.24) is 10.4 Å². The van der Waals surface area contributed by atoms with Crippen molar-refractivity contribution in [3.8, 4) is 0 Å². The highest BCUT2D eigenvalue weighted by Gasteiger charge is 1.95. The Balaban J connectivity index is 1.85. The molecule has 0 spiro atoms. The summed E-state index contributed by atoms with van der Waals surface area (Å²) in [6.45, 7) is 2.04. The van der Waals surface area contributed by atoms with Gasteiger partial charge in [0.1, 0.15) is 0 Å². The number of aromatic nitrogens is 1. The zero-order valence-corrected chi connectivity index (χ0v) is 11.3. The molecule has 0 amide bonds. The van der Waals surface area contributed by atoms with Crippen molar-refractivity contribution < 1.29 is 0 Å². The topological polar surface area (TPSA) is 49.3 Å². The molecular formula is C14H14N4S. The van der Waals surface area contributed by atoms with Crippen molar-refractivity contribution in [3.05, 3.63) is 59.9 Å². The number of thiocarbonyl (C=S) groups is 1. The number of nitrogens with one attached hydrogen (secondary N) is 2. The normalized spacial score (nSPS) is 10.4. The average Bonchev–Trinajstić information content (AvgIpc) is 2.43. The highest BCUT2D eigenvalue weighted by molar-refractivity contribution is 7.80. The largest absolute Gasteiger partial charge is 0.331 e. The number of benzene rings is 1. The maximum Gasteiger partial charge on any atom is 0.191 e. The Kier molecular flexibility index (Phi) is 4.58. The van der Waals surface area contributed by atoms with Gasteiger partial charge in [0.25, 0.3) is 0 Å². The van der Waals surface area contributed by atoms with E-state index in [1.54, 1.807) is 18.6 Å². The van der Waals surface area contributed by atoms with E-state index in [0.29, 0.717) is 5.11 Å². The second-order valence-corrected chi connectivity index (χ2v) is 4.38. The number of nitrogens with zero attached hydrogens (tertiary/aromatic N) is 2. The summed E-state index contributed by atoms with van der Waals surface area (Å²) in [6, 6.07) is 11.7. The quantitative estimate of drug-likeness (QED) is 0.511. The molecule has 0 saturated heterocycles. The number of anilines is 1. The van der Waals surface area contributed by atoms with Crippen LogP contribution in [0.25, 0.3) is 0 Å². The van der Waals surface area contributed by atoms with Crippen LogP contribution >= 0.6 is 12.2 Å². The molecule has 5 heteroatoms. The number of aryl methyl sites for hydroxylation is 1. The van der Waals surface area contributed by atoms with E-state index >= 15 is 0 Å². The fourth-order valence-electron chi connectivity index (χ4n) is 1.41. The zero-order chi connectivity index (χ0) is 13.5. The summed E-state index contributed by atoms with van der Waals surface area (Å²) in [7, 11) is 0. The van der Waals surface area contributed by atoms with E-state index in [0.717, 1.165) is 11.3 Å². The summed E-state index contributed by atoms with van der Waals surface area (Å²) in [6.07, 6.45) is 5.10. The van der Waals surface area contributed by atoms with Gasteiger partial charge in [-0.15, -0.1) is 0 Å². The molecule has 0 atom stereocenters. The summed E-state index contributed by atoms with van der Waals surface area (Å²) < 4.78 is 0. The van der Waals surface area contributed by atoms with Crippen molar-refractivity contribution >= 4 is 29.2 Å². The van der Waals surface area contributed by atoms with Crippen LogP contribution in [0, 0.1) is 6.92 Å². The van der Waals surface area contributed by atoms with Crippen LogP contribution in [0.5, 0.6) is 0 Å². The molecule has 2 rings (SSSR count). The number of hydrogen-bond acceptors (Lipinski definition) is 3. The van der Waals surface area contributed by atoms with Gasteiger partial charge in [-0.2, -0.15) is 5.10 Å². The lowest BCUT2D eigenvalue weighted by atomic mass is 10.2. The Morgan fingerprint density at radius 3 is 2.74 bits per heavy atom. The summed E-state index contributed by atoms with van der Waals surface area (Å²) in [5.41, 5.74) is 5.80. The van der Waals surface area contributed by atoms with Gasteiger partial charge in [-0.25, -0.2) is 0 Å². The maximum absolute atomic E-state index is 5.13. The van der Waals surface area contributed by atoms with Crippen LogP contribution in [0.1, 0.15) is 11.1 Å². The van der Waals surface area contributed by atoms with E-state index in [-0.39, 0.29) is 0 Å². The molecule has 0 radical (unpaired) electrons. The molecular weight excluding hydrogens is 256 g/mol. The number of hydrogen-bond donors (Lipinski definition) is 2. The fourth-order valence-corrected chi connectivity index (χ4v) is 1.58. The minimum absolute atomic E-state index is 0.448. The van der Waals surface area contributed by atoms with Gasteiger partial charge in [0.2, 0.25) is 0 Å². The minimum atomic E-state index is 0.448. The van der Waals surface area contributed by atoms with E-state index in [2.05, 4.69) is 20.8 Å². The van der Waals surface area contributed by atoms with Crippen molar-refractivity contribution in [2.24, 2.45) is 5.10 Å². The lowest BCUT2D eigenvalue weighted by molar-refractivity contribution is 1.05. The molecule has 0 fully saturated rings. The standard InChI is InChI=1S/C14H14N4S/c1-11-4-6-13(7-5-11)17-14(19)18-16-10-12-3-2-8-15-9-12/h2-10H,1H3,(H2,17,18,19)/b16-10+. The molecule has 1 aromatic heterocycles. The lowest BCUT2D eigenvalue weighted by Gasteiger charge is -2.06. The van der Waals surface area contributed by atoms with Crippen LogP contribution in [0.15, 0.2) is 53.9 Å². The van der Waals surface area contributed by atoms with Crippen LogP contribution < -0.4 is 10.7 Å². The van der Waals surface area contributed by atoms with Gasteiger partial charge in [0.05, 0.1) is 6.21 Å². The fraction of sp³-hybridized carbons (Fsp3) is 0.0714. The van der Waals surface area contributed by atoms with Crippen molar-refractivity contribution in [3.63, 3.8) is 0 Å². The molecule has 1 aromatic carbocycles. The Bertz CT molecular complexity index is 564. The van der Waals surface area contributed by atoms with Crippen LogP contribution in [0.4, 0.5) is 5.69 Å². The Morgan fingerprint density at radius 2 is 2.05 bits per heavy atom. The molecule has 1 heterocycles. The molecule has 0 aliphatic carbocycles. The first-order chi connectivity index (χ1) is 9.24. The van der Waals surface area contributed by atoms with Gasteiger partial charge in [0, 0.05) is 23.6 Å². The zero-order valence-electron chi connectivity index (χ0n) is 10.5. The first kappa shape index (κ1) is 13.2. The molecule has 96 valence electrons. The predicted octanol–water partition coefficient (Wildman–Crippen LogP) is 2.71. The van der Waals surface area contributed by atoms with Gasteiger partial charge < -0.3 is 5.32 Å². The van der Waals surface area contributed by atoms with Gasteiger partial charge >= 0.3 is 0 Å². The van der Waals surface area contributed by atoms with Crippen LogP contribution in [0.3, 0.4) is 0 Å². The molecule has 0 unspecified atom stereocenters. The number of pyridine rings is 1. The second kappa shape index (κ2) is 6.61. The third-order valence-electron chi connectivity index (χ3n) is 2.37. The first-order valence-corrected chi connectivity index (χ1v) is 6.21. The van der Waals surface area contributed by atoms with Gasteiger partial charge in [0.15, 0.2) is 5.11 Å². The molecule has 0 aliphatic heterocycles. The third kappa shape index (κ3) is 4.48. The SMILES string of the molecule is Cc1ccc(NC(=S)N/N=C/c2cccnc2)cc1. The molecule has 0 aliphatic rings. The summed E-state index contributed by atoms with van der Waals surface area (Å²) in [5.74, 6) is 0. The van der Waals surface area contributed by atoms with Gasteiger partial charge in [-0.1, -0.05) is 23.8 Å². The van der Waals surface area contributed by atoms with Crippen LogP contribution in [0.2, 0.25) is 0 Å². The summed E-state index contributed by atoms with van der Waals surface area (Å²) in [5, 5.41) is 7.53. The number of hydrazone groups is 1. The Hall–Kier alpha value is -2.27. The van der Waals surface area contributed by atoms with Gasteiger partial charge in [-0.05, 0) is 37.3 Å². The Labute approximate surface area is 117 Å². The molecule has 2 aromatic rings. The van der Waals surface area contributed by atoms with Crippen LogP contribution in [-0.2, 0) is 0 Å². The van der Waals surface area contributed by atoms with Crippen molar-refractivity contribution in [1.29, 1.82) is 0 Å². The minimum Gasteiger partial charge on any atom is -0.331 e. The third-order valence-corrected chi connectivity index (χ3v) is 2.57. The van der Waals surface area contributed by atoms with E-state index in [1.165, 1.54) is 5.56 Å². The average molecular weight is 270 g/mol. The first-order valence-electron chi connectivity index (χ1n) is 5.81. The van der Waals surface area contributed by atoms with E-state index in [9.17, 15) is 0 Å². The smallest absolute Gasteiger partial charge is 0.191 e. The summed E-state index contributed by atoms with van der Waals surface area (Å²) in [4.78, 5) is 3.99. The molecule has 2 N–H and O–H groups in total. The van der Waals surface area contributed by atoms with Crippen molar-refractivity contribution in [2.75, 3.05) is 5.32 Å². The monoisotopic (exact) mass is 270 g/mol. The second-order valence-electron chi connectivity index (χ2n) is 3.98. The van der Waals surface area contributed by atoms with E-state index in [1.807, 2.05) is 43.3 Å². The maximum atomic E-state index is 5.13. The molecule has 19 heavy (non-hydrogen) atoms. The Morgan fingerprint density at radius 1 is 1.26 bits per heavy atom.